The Labute approximate surface area is 157 Å². The van der Waals surface area contributed by atoms with Crippen LogP contribution in [0, 0.1) is 6.92 Å². The molecule has 3 rings (SSSR count). The third-order valence-electron chi connectivity index (χ3n) is 4.01. The Morgan fingerprint density at radius 1 is 1.19 bits per heavy atom. The van der Waals surface area contributed by atoms with Gasteiger partial charge >= 0.3 is 5.97 Å². The number of ether oxygens (including phenoxy) is 3. The lowest BCUT2D eigenvalue weighted by Gasteiger charge is -2.21. The zero-order valence-corrected chi connectivity index (χ0v) is 15.4. The number of methoxy groups -OCH3 is 1. The van der Waals surface area contributed by atoms with Gasteiger partial charge in [-0.1, -0.05) is 23.8 Å². The summed E-state index contributed by atoms with van der Waals surface area (Å²) in [6, 6.07) is 13.1. The highest BCUT2D eigenvalue weighted by Crippen LogP contribution is 2.34. The van der Waals surface area contributed by atoms with Crippen molar-refractivity contribution in [3.8, 4) is 11.5 Å². The largest absolute Gasteiger partial charge is 0.469 e. The molecule has 1 atom stereocenters. The first-order valence-corrected chi connectivity index (χ1v) is 8.56. The second-order valence-corrected chi connectivity index (χ2v) is 6.32. The third-order valence-corrected chi connectivity index (χ3v) is 4.23. The molecule has 0 amide bonds. The van der Waals surface area contributed by atoms with Crippen LogP contribution in [0.25, 0.3) is 0 Å². The van der Waals surface area contributed by atoms with Crippen molar-refractivity contribution in [3.05, 3.63) is 53.6 Å². The molecule has 0 saturated carbocycles. The number of carbonyl (C=O) groups is 1. The molecule has 0 radical (unpaired) electrons. The highest BCUT2D eigenvalue weighted by atomic mass is 32.1. The van der Waals surface area contributed by atoms with Gasteiger partial charge in [-0.15, -0.1) is 0 Å². The molecule has 0 aliphatic carbocycles. The second-order valence-electron chi connectivity index (χ2n) is 5.91. The molecule has 0 aromatic heterocycles. The van der Waals surface area contributed by atoms with Crippen molar-refractivity contribution in [1.29, 1.82) is 0 Å². The maximum Gasteiger partial charge on any atom is 0.307 e. The van der Waals surface area contributed by atoms with Crippen molar-refractivity contribution in [2.45, 2.75) is 19.4 Å². The summed E-state index contributed by atoms with van der Waals surface area (Å²) in [4.78, 5) is 11.8. The summed E-state index contributed by atoms with van der Waals surface area (Å²) in [5, 5.41) is 6.72. The summed E-state index contributed by atoms with van der Waals surface area (Å²) in [7, 11) is 1.36. The highest BCUT2D eigenvalue weighted by Gasteiger charge is 2.21. The number of hydrogen-bond acceptors (Lipinski definition) is 5. The van der Waals surface area contributed by atoms with Gasteiger partial charge in [-0.05, 0) is 49.0 Å². The molecular weight excluding hydrogens is 352 g/mol. The smallest absolute Gasteiger partial charge is 0.307 e. The van der Waals surface area contributed by atoms with Crippen molar-refractivity contribution in [2.75, 3.05) is 19.2 Å². The average molecular weight is 372 g/mol. The van der Waals surface area contributed by atoms with Crippen LogP contribution in [0.3, 0.4) is 0 Å². The van der Waals surface area contributed by atoms with Crippen molar-refractivity contribution < 1.29 is 19.0 Å². The predicted octanol–water partition coefficient (Wildman–Crippen LogP) is 3.31. The van der Waals surface area contributed by atoms with Crippen LogP contribution in [-0.2, 0) is 9.53 Å². The van der Waals surface area contributed by atoms with Gasteiger partial charge < -0.3 is 24.8 Å². The number of nitrogens with one attached hydrogen (secondary N) is 2. The van der Waals surface area contributed by atoms with Crippen molar-refractivity contribution in [1.82, 2.24) is 5.32 Å². The number of benzene rings is 2. The fourth-order valence-electron chi connectivity index (χ4n) is 2.59. The molecule has 2 aromatic carbocycles. The van der Waals surface area contributed by atoms with Crippen LogP contribution in [0.15, 0.2) is 42.5 Å². The number of thiocarbonyl (C=S) groups is 1. The Balaban J connectivity index is 1.74. The normalized spacial score (nSPS) is 13.0. The van der Waals surface area contributed by atoms with Gasteiger partial charge in [0.25, 0.3) is 0 Å². The molecule has 0 unspecified atom stereocenters. The molecule has 0 saturated heterocycles. The van der Waals surface area contributed by atoms with Crippen LogP contribution in [-0.4, -0.2) is 25.0 Å². The zero-order chi connectivity index (χ0) is 18.5. The van der Waals surface area contributed by atoms with E-state index in [0.29, 0.717) is 16.6 Å². The van der Waals surface area contributed by atoms with Crippen LogP contribution >= 0.6 is 12.2 Å². The topological polar surface area (TPSA) is 68.8 Å². The predicted molar refractivity (Wildman–Crippen MR) is 102 cm³/mol. The van der Waals surface area contributed by atoms with Crippen LogP contribution in [0.5, 0.6) is 11.5 Å². The number of carbonyl (C=O) groups excluding carboxylic acids is 1. The number of hydrogen-bond donors (Lipinski definition) is 2. The second kappa shape index (κ2) is 8.05. The van der Waals surface area contributed by atoms with E-state index in [1.165, 1.54) is 12.7 Å². The summed E-state index contributed by atoms with van der Waals surface area (Å²) in [6.07, 6.45) is 0.131. The number of esters is 1. The van der Waals surface area contributed by atoms with Gasteiger partial charge in [0.15, 0.2) is 16.6 Å². The van der Waals surface area contributed by atoms with Gasteiger partial charge in [0.05, 0.1) is 19.6 Å². The van der Waals surface area contributed by atoms with E-state index in [1.54, 1.807) is 0 Å². The Morgan fingerprint density at radius 3 is 2.65 bits per heavy atom. The first-order valence-electron chi connectivity index (χ1n) is 8.15. The van der Waals surface area contributed by atoms with E-state index in [2.05, 4.69) is 10.6 Å². The van der Waals surface area contributed by atoms with Gasteiger partial charge in [0.1, 0.15) is 0 Å². The molecule has 7 heteroatoms. The van der Waals surface area contributed by atoms with Gasteiger partial charge in [0.2, 0.25) is 6.79 Å². The Morgan fingerprint density at radius 2 is 1.92 bits per heavy atom. The standard InChI is InChI=1S/C19H20N2O4S/c1-12-3-6-14(7-4-12)20-19(26)21-15(10-18(22)23-2)13-5-8-16-17(9-13)25-11-24-16/h3-9,15H,10-11H2,1-2H3,(H2,20,21,26)/t15-/m0/s1. The number of fused-ring (bicyclic) bond motifs is 1. The van der Waals surface area contributed by atoms with E-state index in [9.17, 15) is 4.79 Å². The first-order chi connectivity index (χ1) is 12.5. The quantitative estimate of drug-likeness (QED) is 0.616. The molecule has 6 nitrogen and oxygen atoms in total. The fraction of sp³-hybridized carbons (Fsp3) is 0.263. The molecule has 1 aliphatic rings. The van der Waals surface area contributed by atoms with Gasteiger partial charge in [0, 0.05) is 5.69 Å². The van der Waals surface area contributed by atoms with Crippen molar-refractivity contribution in [3.63, 3.8) is 0 Å². The minimum absolute atomic E-state index is 0.131. The van der Waals surface area contributed by atoms with E-state index in [0.717, 1.165) is 11.3 Å². The molecule has 2 aromatic rings. The third kappa shape index (κ3) is 4.43. The zero-order valence-electron chi connectivity index (χ0n) is 14.6. The summed E-state index contributed by atoms with van der Waals surface area (Å²) in [5.74, 6) is 1.00. The number of anilines is 1. The lowest BCUT2D eigenvalue weighted by Crippen LogP contribution is -2.33. The van der Waals surface area contributed by atoms with Crippen LogP contribution in [0.1, 0.15) is 23.6 Å². The molecule has 0 spiro atoms. The summed E-state index contributed by atoms with van der Waals surface area (Å²) >= 11 is 5.40. The SMILES string of the molecule is COC(=O)C[C@H](NC(=S)Nc1ccc(C)cc1)c1ccc2c(c1)OCO2. The number of aryl methyl sites for hydroxylation is 1. The molecule has 2 N–H and O–H groups in total. The van der Waals surface area contributed by atoms with Gasteiger partial charge in [-0.25, -0.2) is 0 Å². The molecule has 0 fully saturated rings. The lowest BCUT2D eigenvalue weighted by molar-refractivity contribution is -0.141. The number of rotatable bonds is 5. The van der Waals surface area contributed by atoms with Crippen LogP contribution in [0.4, 0.5) is 5.69 Å². The summed E-state index contributed by atoms with van der Waals surface area (Å²) < 4.78 is 15.6. The Bertz CT molecular complexity index is 808. The Hall–Kier alpha value is -2.80. The molecule has 26 heavy (non-hydrogen) atoms. The molecular formula is C19H20N2O4S. The van der Waals surface area contributed by atoms with E-state index in [4.69, 9.17) is 26.4 Å². The highest BCUT2D eigenvalue weighted by molar-refractivity contribution is 7.80. The minimum atomic E-state index is -0.359. The van der Waals surface area contributed by atoms with E-state index in [1.807, 2.05) is 49.4 Å². The van der Waals surface area contributed by atoms with E-state index < -0.39 is 0 Å². The monoisotopic (exact) mass is 372 g/mol. The maximum absolute atomic E-state index is 11.8. The van der Waals surface area contributed by atoms with Crippen LogP contribution in [0.2, 0.25) is 0 Å². The fourth-order valence-corrected chi connectivity index (χ4v) is 2.85. The summed E-state index contributed by atoms with van der Waals surface area (Å²) in [6.45, 7) is 2.22. The van der Waals surface area contributed by atoms with E-state index >= 15 is 0 Å². The maximum atomic E-state index is 11.8. The van der Waals surface area contributed by atoms with Gasteiger partial charge in [-0.2, -0.15) is 0 Å². The van der Waals surface area contributed by atoms with Gasteiger partial charge in [-0.3, -0.25) is 4.79 Å². The lowest BCUT2D eigenvalue weighted by atomic mass is 10.0. The minimum Gasteiger partial charge on any atom is -0.469 e. The molecule has 1 heterocycles. The molecule has 0 bridgehead atoms. The average Bonchev–Trinajstić information content (AvgIpc) is 3.10. The first kappa shape index (κ1) is 18.0. The van der Waals surface area contributed by atoms with E-state index in [-0.39, 0.29) is 25.2 Å². The Kier molecular flexibility index (Phi) is 5.58. The summed E-state index contributed by atoms with van der Waals surface area (Å²) in [5.41, 5.74) is 2.89. The van der Waals surface area contributed by atoms with Crippen molar-refractivity contribution in [2.24, 2.45) is 0 Å². The van der Waals surface area contributed by atoms with Crippen LogP contribution < -0.4 is 20.1 Å². The molecule has 1 aliphatic heterocycles. The molecule has 136 valence electrons. The van der Waals surface area contributed by atoms with Crippen molar-refractivity contribution >= 4 is 29.0 Å².